The number of hydrogen-bond acceptors (Lipinski definition) is 2. The highest BCUT2D eigenvalue weighted by atomic mass is 16.5. The summed E-state index contributed by atoms with van der Waals surface area (Å²) in [6, 6.07) is 13.0. The second-order valence-corrected chi connectivity index (χ2v) is 11.7. The van der Waals surface area contributed by atoms with Gasteiger partial charge in [-0.05, 0) is 95.7 Å². The highest BCUT2D eigenvalue weighted by molar-refractivity contribution is 5.89. The zero-order chi connectivity index (χ0) is 22.9. The van der Waals surface area contributed by atoms with Crippen LogP contribution in [-0.2, 0) is 21.0 Å². The van der Waals surface area contributed by atoms with Crippen LogP contribution in [0.5, 0.6) is 0 Å². The smallest absolute Gasteiger partial charge is 0.337 e. The van der Waals surface area contributed by atoms with E-state index in [2.05, 4.69) is 52.8 Å². The molecule has 0 aromatic heterocycles. The number of fused-ring (bicyclic) bond motifs is 2. The van der Waals surface area contributed by atoms with Crippen molar-refractivity contribution in [2.45, 2.75) is 83.0 Å². The van der Waals surface area contributed by atoms with Gasteiger partial charge in [0, 0.05) is 5.41 Å². The minimum absolute atomic E-state index is 0.220. The first-order chi connectivity index (χ1) is 15.1. The number of carbonyl (C=O) groups is 1. The molecule has 3 aliphatic rings. The molecule has 2 aromatic rings. The van der Waals surface area contributed by atoms with E-state index in [0.717, 1.165) is 5.92 Å². The van der Waals surface area contributed by atoms with E-state index in [0.29, 0.717) is 5.56 Å². The van der Waals surface area contributed by atoms with E-state index in [-0.39, 0.29) is 22.2 Å². The lowest BCUT2D eigenvalue weighted by molar-refractivity contribution is 0.0600. The van der Waals surface area contributed by atoms with Crippen molar-refractivity contribution < 1.29 is 9.53 Å². The molecule has 168 valence electrons. The number of carbonyl (C=O) groups excluding carboxylic acids is 1. The summed E-state index contributed by atoms with van der Waals surface area (Å²) >= 11 is 0. The third-order valence-corrected chi connectivity index (χ3v) is 8.79. The summed E-state index contributed by atoms with van der Waals surface area (Å²) in [7, 11) is 1.43. The van der Waals surface area contributed by atoms with Gasteiger partial charge >= 0.3 is 5.97 Å². The Morgan fingerprint density at radius 1 is 0.969 bits per heavy atom. The lowest BCUT2D eigenvalue weighted by atomic mass is 9.62. The Morgan fingerprint density at radius 3 is 2.19 bits per heavy atom. The second-order valence-electron chi connectivity index (χ2n) is 11.7. The number of hydrogen-bond donors (Lipinski definition) is 0. The topological polar surface area (TPSA) is 26.3 Å². The second kappa shape index (κ2) is 7.07. The Hall–Kier alpha value is -2.35. The molecule has 2 atom stereocenters. The average molecular weight is 429 g/mol. The molecule has 32 heavy (non-hydrogen) atoms. The summed E-state index contributed by atoms with van der Waals surface area (Å²) in [5, 5.41) is 0. The minimum atomic E-state index is -0.279. The summed E-state index contributed by atoms with van der Waals surface area (Å²) in [5.41, 5.74) is 10.2. The first-order valence-electron chi connectivity index (χ1n) is 12.1. The van der Waals surface area contributed by atoms with Crippen molar-refractivity contribution in [3.8, 4) is 0 Å². The lowest BCUT2D eigenvalue weighted by Gasteiger charge is -2.43. The molecule has 3 aliphatic carbocycles. The Bertz CT molecular complexity index is 1120. The number of esters is 1. The minimum Gasteiger partial charge on any atom is -0.465 e. The van der Waals surface area contributed by atoms with Crippen molar-refractivity contribution in [3.05, 3.63) is 75.4 Å². The SMILES string of the molecule is COC(=O)c1ccc(/C=C2\CCC3CC23c2cc3c(cc2C)C(C)(C)CCC3(C)C)cc1. The molecule has 2 saturated carbocycles. The molecule has 5 rings (SSSR count). The van der Waals surface area contributed by atoms with Gasteiger partial charge in [-0.2, -0.15) is 0 Å². The Labute approximate surface area is 193 Å². The Balaban J connectivity index is 1.56. The van der Waals surface area contributed by atoms with Gasteiger partial charge in [0.2, 0.25) is 0 Å². The van der Waals surface area contributed by atoms with Crippen LogP contribution in [-0.4, -0.2) is 13.1 Å². The van der Waals surface area contributed by atoms with E-state index >= 15 is 0 Å². The highest BCUT2D eigenvalue weighted by Gasteiger charge is 2.61. The fraction of sp³-hybridized carbons (Fsp3) is 0.500. The maximum Gasteiger partial charge on any atom is 0.337 e. The molecule has 2 heteroatoms. The van der Waals surface area contributed by atoms with Crippen LogP contribution in [0.4, 0.5) is 0 Å². The van der Waals surface area contributed by atoms with Crippen molar-refractivity contribution in [1.82, 2.24) is 0 Å². The predicted molar refractivity (Wildman–Crippen MR) is 131 cm³/mol. The van der Waals surface area contributed by atoms with Crippen LogP contribution in [0.15, 0.2) is 42.0 Å². The molecule has 0 bridgehead atoms. The van der Waals surface area contributed by atoms with E-state index in [1.165, 1.54) is 50.3 Å². The van der Waals surface area contributed by atoms with Crippen LogP contribution in [0, 0.1) is 12.8 Å². The van der Waals surface area contributed by atoms with Crippen molar-refractivity contribution in [2.24, 2.45) is 5.92 Å². The predicted octanol–water partition coefficient (Wildman–Crippen LogP) is 7.27. The van der Waals surface area contributed by atoms with Gasteiger partial charge in [-0.1, -0.05) is 63.6 Å². The monoisotopic (exact) mass is 428 g/mol. The molecular formula is C30H36O2. The molecule has 2 fully saturated rings. The first-order valence-corrected chi connectivity index (χ1v) is 12.1. The van der Waals surface area contributed by atoms with E-state index in [1.807, 2.05) is 24.3 Å². The number of rotatable bonds is 3. The molecule has 0 radical (unpaired) electrons. The van der Waals surface area contributed by atoms with Gasteiger partial charge in [0.15, 0.2) is 0 Å². The van der Waals surface area contributed by atoms with E-state index < -0.39 is 0 Å². The zero-order valence-corrected chi connectivity index (χ0v) is 20.5. The number of ether oxygens (including phenoxy) is 1. The highest BCUT2D eigenvalue weighted by Crippen LogP contribution is 2.68. The summed E-state index contributed by atoms with van der Waals surface area (Å²) in [6.45, 7) is 12.0. The number of allylic oxidation sites excluding steroid dienone is 1. The molecule has 0 saturated heterocycles. The van der Waals surface area contributed by atoms with Crippen molar-refractivity contribution in [3.63, 3.8) is 0 Å². The van der Waals surface area contributed by atoms with Crippen LogP contribution < -0.4 is 0 Å². The van der Waals surface area contributed by atoms with Crippen molar-refractivity contribution in [1.29, 1.82) is 0 Å². The van der Waals surface area contributed by atoms with Gasteiger partial charge in [0.05, 0.1) is 12.7 Å². The molecule has 0 heterocycles. The molecule has 0 spiro atoms. The molecule has 0 aliphatic heterocycles. The van der Waals surface area contributed by atoms with Crippen molar-refractivity contribution >= 4 is 12.0 Å². The summed E-state index contributed by atoms with van der Waals surface area (Å²) in [5.74, 6) is 0.499. The maximum absolute atomic E-state index is 11.8. The number of methoxy groups -OCH3 is 1. The van der Waals surface area contributed by atoms with Gasteiger partial charge in [0.25, 0.3) is 0 Å². The Kier molecular flexibility index (Phi) is 4.75. The quantitative estimate of drug-likeness (QED) is 0.481. The fourth-order valence-corrected chi connectivity index (χ4v) is 6.57. The van der Waals surface area contributed by atoms with E-state index in [1.54, 1.807) is 22.3 Å². The molecule has 0 N–H and O–H groups in total. The third kappa shape index (κ3) is 3.17. The van der Waals surface area contributed by atoms with Gasteiger partial charge < -0.3 is 4.74 Å². The lowest BCUT2D eigenvalue weighted by Crippen LogP contribution is -2.34. The normalized spacial score (nSPS) is 28.2. The van der Waals surface area contributed by atoms with E-state index in [4.69, 9.17) is 4.74 Å². The largest absolute Gasteiger partial charge is 0.465 e. The van der Waals surface area contributed by atoms with Gasteiger partial charge in [0.1, 0.15) is 0 Å². The maximum atomic E-state index is 11.8. The van der Waals surface area contributed by atoms with Crippen LogP contribution in [0.3, 0.4) is 0 Å². The van der Waals surface area contributed by atoms with Crippen LogP contribution in [0.2, 0.25) is 0 Å². The van der Waals surface area contributed by atoms with Crippen molar-refractivity contribution in [2.75, 3.05) is 7.11 Å². The average Bonchev–Trinajstić information content (AvgIpc) is 3.40. The molecule has 2 aromatic carbocycles. The summed E-state index contributed by atoms with van der Waals surface area (Å²) in [4.78, 5) is 11.8. The van der Waals surface area contributed by atoms with Gasteiger partial charge in [-0.3, -0.25) is 0 Å². The number of aryl methyl sites for hydroxylation is 1. The summed E-state index contributed by atoms with van der Waals surface area (Å²) < 4.78 is 4.84. The summed E-state index contributed by atoms with van der Waals surface area (Å²) in [6.07, 6.45) is 8.64. The van der Waals surface area contributed by atoms with Crippen LogP contribution in [0.1, 0.15) is 98.0 Å². The molecular weight excluding hydrogens is 392 g/mol. The third-order valence-electron chi connectivity index (χ3n) is 8.79. The molecule has 0 amide bonds. The molecule has 2 nitrogen and oxygen atoms in total. The fourth-order valence-electron chi connectivity index (χ4n) is 6.57. The van der Waals surface area contributed by atoms with Crippen LogP contribution in [0.25, 0.3) is 6.08 Å². The number of benzene rings is 2. The van der Waals surface area contributed by atoms with Gasteiger partial charge in [-0.25, -0.2) is 4.79 Å². The Morgan fingerprint density at radius 2 is 1.59 bits per heavy atom. The van der Waals surface area contributed by atoms with E-state index in [9.17, 15) is 4.79 Å². The zero-order valence-electron chi connectivity index (χ0n) is 20.5. The first kappa shape index (κ1) is 21.5. The van der Waals surface area contributed by atoms with Crippen LogP contribution >= 0.6 is 0 Å². The van der Waals surface area contributed by atoms with Gasteiger partial charge in [-0.15, -0.1) is 0 Å². The molecule has 2 unspecified atom stereocenters. The standard InChI is InChI=1S/C30H36O2/c1-19-15-25-26(29(4,5)14-13-28(25,2)3)17-24(19)30-18-23(30)12-11-22(30)16-20-7-9-21(10-8-20)27(31)32-6/h7-10,15-17,23H,11-14,18H2,1-6H3/b22-16+.